The summed E-state index contributed by atoms with van der Waals surface area (Å²) in [5.74, 6) is 0.264. The Morgan fingerprint density at radius 3 is 1.52 bits per heavy atom. The van der Waals surface area contributed by atoms with Crippen LogP contribution in [-0.2, 0) is 9.09 Å². The Labute approximate surface area is 168 Å². The van der Waals surface area contributed by atoms with E-state index in [1.54, 1.807) is 0 Å². The molecule has 0 fully saturated rings. The molecule has 2 atom stereocenters. The molecule has 0 aliphatic heterocycles. The quantitative estimate of drug-likeness (QED) is 0.163. The van der Waals surface area contributed by atoms with Gasteiger partial charge in [0.15, 0.2) is 6.16 Å². The number of unbranched alkanes of at least 4 members (excludes halogenated alkanes) is 15. The maximum absolute atomic E-state index is 11.4. The van der Waals surface area contributed by atoms with Crippen LogP contribution in [0.25, 0.3) is 0 Å². The minimum Gasteiger partial charge on any atom is -0.447 e. The van der Waals surface area contributed by atoms with E-state index in [-0.39, 0.29) is 5.92 Å². The molecule has 0 aliphatic rings. The van der Waals surface area contributed by atoms with Crippen LogP contribution in [0, 0.1) is 5.92 Å². The van der Waals surface area contributed by atoms with E-state index in [1.807, 2.05) is 6.92 Å². The Kier molecular flexibility index (Phi) is 19.6. The second-order valence-corrected chi connectivity index (χ2v) is 9.28. The van der Waals surface area contributed by atoms with Gasteiger partial charge in [0, 0.05) is 5.92 Å². The van der Waals surface area contributed by atoms with Crippen molar-refractivity contribution in [3.63, 3.8) is 0 Å². The second-order valence-electron chi connectivity index (χ2n) is 8.07. The van der Waals surface area contributed by atoms with Gasteiger partial charge >= 0.3 is 14.2 Å². The van der Waals surface area contributed by atoms with Crippen molar-refractivity contribution < 1.29 is 19.0 Å². The summed E-state index contributed by atoms with van der Waals surface area (Å²) in [6.45, 7) is 4.29. The first-order valence-corrected chi connectivity index (χ1v) is 12.8. The van der Waals surface area contributed by atoms with Crippen LogP contribution < -0.4 is 0 Å². The Balaban J connectivity index is 3.20. The largest absolute Gasteiger partial charge is 0.562 e. The van der Waals surface area contributed by atoms with E-state index in [0.717, 1.165) is 12.8 Å². The monoisotopic (exact) mass is 403 g/mol. The second kappa shape index (κ2) is 20.1. The Morgan fingerprint density at radius 1 is 0.778 bits per heavy atom. The molecule has 0 rings (SSSR count). The Bertz CT molecular complexity index is 360. The lowest BCUT2D eigenvalue weighted by Crippen LogP contribution is -2.01. The number of hydrogen-bond acceptors (Lipinski definition) is 3. The third-order valence-electron chi connectivity index (χ3n) is 5.19. The fraction of sp³-hybridized carbons (Fsp3) is 0.955. The first kappa shape index (κ1) is 26.4. The van der Waals surface area contributed by atoms with Crippen molar-refractivity contribution in [3.8, 4) is 0 Å². The summed E-state index contributed by atoms with van der Waals surface area (Å²) in [4.78, 5) is 10.3. The third-order valence-corrected chi connectivity index (χ3v) is 6.47. The summed E-state index contributed by atoms with van der Waals surface area (Å²) in [7, 11) is -2.05. The molecule has 0 aromatic carbocycles. The van der Waals surface area contributed by atoms with Gasteiger partial charge in [-0.3, -0.25) is 0 Å². The molecule has 0 aliphatic carbocycles. The van der Waals surface area contributed by atoms with E-state index >= 15 is 0 Å². The minimum absolute atomic E-state index is 0.264. The van der Waals surface area contributed by atoms with Crippen molar-refractivity contribution in [2.45, 2.75) is 123 Å². The van der Waals surface area contributed by atoms with Gasteiger partial charge in [-0.1, -0.05) is 117 Å². The maximum Gasteiger partial charge on any atom is 0.562 e. The standard InChI is InChI=1S/C22H43O4P/c1-3-4-5-6-7-8-9-10-11-12-13-14-15-16-17-18-19-21(2)20-27(25)26-22(23)24/h21H,3-20H2,1-2H3/p+1. The minimum atomic E-state index is -2.05. The summed E-state index contributed by atoms with van der Waals surface area (Å²) >= 11 is 0. The predicted octanol–water partition coefficient (Wildman–Crippen LogP) is 8.71. The molecule has 4 nitrogen and oxygen atoms in total. The molecule has 0 saturated carbocycles. The van der Waals surface area contributed by atoms with Crippen molar-refractivity contribution in [2.75, 3.05) is 6.16 Å². The molecule has 5 heteroatoms. The maximum atomic E-state index is 11.4. The molecule has 0 aromatic rings. The molecule has 0 amide bonds. The first-order valence-electron chi connectivity index (χ1n) is 11.4. The Morgan fingerprint density at radius 2 is 1.15 bits per heavy atom. The van der Waals surface area contributed by atoms with Gasteiger partial charge in [0.1, 0.15) is 0 Å². The normalized spacial score (nSPS) is 12.7. The lowest BCUT2D eigenvalue weighted by Gasteiger charge is -2.05. The fourth-order valence-corrected chi connectivity index (χ4v) is 4.45. The van der Waals surface area contributed by atoms with Crippen LogP contribution >= 0.6 is 8.03 Å². The highest BCUT2D eigenvalue weighted by Gasteiger charge is 2.25. The molecule has 0 heterocycles. The molecule has 0 spiro atoms. The van der Waals surface area contributed by atoms with E-state index in [2.05, 4.69) is 11.4 Å². The summed E-state index contributed by atoms with van der Waals surface area (Å²) in [6, 6.07) is 0. The summed E-state index contributed by atoms with van der Waals surface area (Å²) in [5.41, 5.74) is 0. The van der Waals surface area contributed by atoms with Crippen molar-refractivity contribution in [2.24, 2.45) is 5.92 Å². The fourth-order valence-electron chi connectivity index (χ4n) is 3.51. The highest BCUT2D eigenvalue weighted by molar-refractivity contribution is 7.39. The smallest absolute Gasteiger partial charge is 0.447 e. The number of rotatable bonds is 20. The topological polar surface area (TPSA) is 63.6 Å². The van der Waals surface area contributed by atoms with E-state index in [9.17, 15) is 9.36 Å². The van der Waals surface area contributed by atoms with Gasteiger partial charge in [-0.05, 0) is 11.0 Å². The number of carboxylic acid groups (broad SMARTS) is 1. The van der Waals surface area contributed by atoms with Crippen LogP contribution in [0.15, 0.2) is 0 Å². The van der Waals surface area contributed by atoms with Crippen molar-refractivity contribution in [1.29, 1.82) is 0 Å². The Hall–Kier alpha value is -0.630. The van der Waals surface area contributed by atoms with E-state index < -0.39 is 14.2 Å². The van der Waals surface area contributed by atoms with Gasteiger partial charge in [-0.15, -0.1) is 0 Å². The van der Waals surface area contributed by atoms with E-state index in [1.165, 1.54) is 96.3 Å². The molecule has 0 aromatic heterocycles. The van der Waals surface area contributed by atoms with Crippen molar-refractivity contribution >= 4 is 14.2 Å². The highest BCUT2D eigenvalue weighted by Crippen LogP contribution is 2.28. The summed E-state index contributed by atoms with van der Waals surface area (Å²) < 4.78 is 15.7. The van der Waals surface area contributed by atoms with Crippen LogP contribution in [0.4, 0.5) is 4.79 Å². The van der Waals surface area contributed by atoms with Crippen LogP contribution in [0.2, 0.25) is 0 Å². The molecular formula is C22H44O4P+. The summed E-state index contributed by atoms with van der Waals surface area (Å²) in [5, 5.41) is 8.42. The lowest BCUT2D eigenvalue weighted by atomic mass is 10.0. The zero-order chi connectivity index (χ0) is 20.2. The highest BCUT2D eigenvalue weighted by atomic mass is 31.1. The van der Waals surface area contributed by atoms with Crippen molar-refractivity contribution in [1.82, 2.24) is 0 Å². The van der Waals surface area contributed by atoms with E-state index in [4.69, 9.17) is 5.11 Å². The number of carbonyl (C=O) groups is 1. The molecule has 160 valence electrons. The zero-order valence-corrected chi connectivity index (χ0v) is 18.8. The van der Waals surface area contributed by atoms with Gasteiger partial charge in [0.05, 0.1) is 0 Å². The molecular weight excluding hydrogens is 359 g/mol. The van der Waals surface area contributed by atoms with Crippen molar-refractivity contribution in [3.05, 3.63) is 0 Å². The van der Waals surface area contributed by atoms with Gasteiger partial charge in [-0.2, -0.15) is 9.32 Å². The molecule has 27 heavy (non-hydrogen) atoms. The SMILES string of the molecule is CCCCCCCCCCCCCCCCCCC(C)C[P+](=O)OC(=O)O. The zero-order valence-electron chi connectivity index (χ0n) is 17.9. The van der Waals surface area contributed by atoms with Gasteiger partial charge in [-0.25, -0.2) is 0 Å². The van der Waals surface area contributed by atoms with Gasteiger partial charge in [0.25, 0.3) is 0 Å². The average Bonchev–Trinajstić information content (AvgIpc) is 2.60. The van der Waals surface area contributed by atoms with Gasteiger partial charge < -0.3 is 5.11 Å². The predicted molar refractivity (Wildman–Crippen MR) is 115 cm³/mol. The lowest BCUT2D eigenvalue weighted by molar-refractivity contribution is 0.147. The van der Waals surface area contributed by atoms with Crippen LogP contribution in [-0.4, -0.2) is 17.4 Å². The van der Waals surface area contributed by atoms with Crippen LogP contribution in [0.1, 0.15) is 123 Å². The van der Waals surface area contributed by atoms with Crippen LogP contribution in [0.3, 0.4) is 0 Å². The number of hydrogen-bond donors (Lipinski definition) is 1. The average molecular weight is 404 g/mol. The molecule has 0 radical (unpaired) electrons. The molecule has 2 unspecified atom stereocenters. The molecule has 0 bridgehead atoms. The van der Waals surface area contributed by atoms with Gasteiger partial charge in [0.2, 0.25) is 0 Å². The molecule has 1 N–H and O–H groups in total. The third kappa shape index (κ3) is 21.5. The van der Waals surface area contributed by atoms with Crippen LogP contribution in [0.5, 0.6) is 0 Å². The van der Waals surface area contributed by atoms with E-state index in [0.29, 0.717) is 6.16 Å². The summed E-state index contributed by atoms with van der Waals surface area (Å²) in [6.07, 6.45) is 21.7. The molecule has 0 saturated heterocycles. The first-order chi connectivity index (χ1) is 13.1.